The Morgan fingerprint density at radius 3 is 0.686 bits per heavy atom. The van der Waals surface area contributed by atoms with E-state index < -0.39 is 9.84 Å². The summed E-state index contributed by atoms with van der Waals surface area (Å²) in [6.07, 6.45) is 0. The Balaban J connectivity index is 0. The summed E-state index contributed by atoms with van der Waals surface area (Å²) in [5.74, 6) is 1.90. The van der Waals surface area contributed by atoms with E-state index >= 15 is 0 Å². The van der Waals surface area contributed by atoms with Crippen molar-refractivity contribution in [2.45, 2.75) is 278 Å². The second-order valence-corrected chi connectivity index (χ2v) is 30.8. The normalized spacial score (nSPS) is 9.67. The van der Waals surface area contributed by atoms with Crippen molar-refractivity contribution in [2.75, 3.05) is 0 Å². The molecule has 0 saturated heterocycles. The van der Waals surface area contributed by atoms with Crippen LogP contribution in [0.25, 0.3) is 21.9 Å². The molecule has 0 aliphatic rings. The van der Waals surface area contributed by atoms with E-state index in [-0.39, 0.29) is 11.2 Å². The summed E-state index contributed by atoms with van der Waals surface area (Å²) < 4.78 is 31.0. The second-order valence-electron chi connectivity index (χ2n) is 28.8. The molecule has 0 atom stereocenters. The van der Waals surface area contributed by atoms with Crippen LogP contribution in [0, 0.1) is 138 Å². The summed E-state index contributed by atoms with van der Waals surface area (Å²) in [6.45, 7) is 78.3. The quantitative estimate of drug-likeness (QED) is 0.135. The average Bonchev–Trinajstić information content (AvgIpc) is 0.795. The number of fused-ring (bicyclic) bond motifs is 1. The predicted molar refractivity (Wildman–Crippen MR) is 540 cm³/mol. The van der Waals surface area contributed by atoms with Gasteiger partial charge in [-0.25, -0.2) is 8.42 Å². The van der Waals surface area contributed by atoms with Crippen molar-refractivity contribution in [3.05, 3.63) is 400 Å². The zero-order valence-electron chi connectivity index (χ0n) is 82.4. The van der Waals surface area contributed by atoms with Crippen molar-refractivity contribution < 1.29 is 17.9 Å². The number of carbonyl (C=O) groups is 1. The molecule has 5 heteroatoms. The highest BCUT2D eigenvalue weighted by Gasteiger charge is 2.24. The summed E-state index contributed by atoms with van der Waals surface area (Å²) in [5, 5.41) is 2.62. The molecule has 13 rings (SSSR count). The Labute approximate surface area is 740 Å². The zero-order chi connectivity index (χ0) is 92.9. The van der Waals surface area contributed by atoms with Gasteiger partial charge in [0.2, 0.25) is 9.84 Å². The Morgan fingerprint density at radius 1 is 0.223 bits per heavy atom. The van der Waals surface area contributed by atoms with Crippen molar-refractivity contribution in [2.24, 2.45) is 0 Å². The standard InChI is InChI=1S/C19H24.C17H18O.C16H18O2S.C16H18O.C12H10.C10H8.C10H14.8C2H6/c1-13-7-9-17(11-15(13)3)19(5,6)18-10-8-14(2)16(4)12-18;1-11-5-7-15(9-13(11)3)17(18)16-8-6-12(2)14(4)10-16;1-11-5-7-15(9-13(11)3)19(17,18)16-8-6-12(2)14(4)10-16;1-11-5-7-15(9-13(11)3)17-16-8-6-12(2)14(4)10-16;1-3-7-11(8-4-1)12-9-5-2-6-10-12;1-2-6-10-8-4-3-7-9(10)5-1;1-7-5-9(3)10(4)6-8(7)2;8*1-2/h7-12H,1-6H3;5-10H,1-4H3;5-10H,1-4H3;5-10H,1-4H3;1-10H;1-8H;5-6H,1-4H3;8*1-2H3. The van der Waals surface area contributed by atoms with Gasteiger partial charge in [-0.1, -0.05) is 331 Å². The third-order valence-corrected chi connectivity index (χ3v) is 22.2. The smallest absolute Gasteiger partial charge is 0.206 e. The first-order chi connectivity index (χ1) is 57.7. The lowest BCUT2D eigenvalue weighted by Gasteiger charge is -2.27. The van der Waals surface area contributed by atoms with Crippen molar-refractivity contribution in [3.63, 3.8) is 0 Å². The van der Waals surface area contributed by atoms with Crippen molar-refractivity contribution >= 4 is 26.4 Å². The Hall–Kier alpha value is -10.5. The fourth-order valence-corrected chi connectivity index (χ4v) is 12.9. The van der Waals surface area contributed by atoms with E-state index in [2.05, 4.69) is 281 Å². The van der Waals surface area contributed by atoms with E-state index in [1.54, 1.807) is 24.3 Å². The first-order valence-electron chi connectivity index (χ1n) is 44.4. The highest BCUT2D eigenvalue weighted by Crippen LogP contribution is 2.34. The monoisotopic (exact) mass is 1650 g/mol. The van der Waals surface area contributed by atoms with Gasteiger partial charge in [0.25, 0.3) is 0 Å². The van der Waals surface area contributed by atoms with E-state index in [1.165, 1.54) is 111 Å². The molecule has 0 bridgehead atoms. The van der Waals surface area contributed by atoms with Crippen LogP contribution < -0.4 is 4.74 Å². The van der Waals surface area contributed by atoms with Crippen LogP contribution in [0.1, 0.15) is 263 Å². The van der Waals surface area contributed by atoms with E-state index in [9.17, 15) is 13.2 Å². The summed E-state index contributed by atoms with van der Waals surface area (Å²) in [5.41, 5.74) is 31.9. The maximum Gasteiger partial charge on any atom is 0.206 e. The van der Waals surface area contributed by atoms with Crippen molar-refractivity contribution in [1.29, 1.82) is 0 Å². The molecule has 121 heavy (non-hydrogen) atoms. The number of hydrogen-bond donors (Lipinski definition) is 0. The molecule has 0 unspecified atom stereocenters. The Morgan fingerprint density at radius 2 is 0.438 bits per heavy atom. The van der Waals surface area contributed by atoms with Gasteiger partial charge in [-0.05, 0) is 343 Å². The van der Waals surface area contributed by atoms with Gasteiger partial charge in [0.05, 0.1) is 9.79 Å². The van der Waals surface area contributed by atoms with Crippen LogP contribution in [0.15, 0.2) is 277 Å². The van der Waals surface area contributed by atoms with Gasteiger partial charge in [-0.3, -0.25) is 4.79 Å². The van der Waals surface area contributed by atoms with E-state index in [1.807, 2.05) is 225 Å². The maximum absolute atomic E-state index is 12.6. The van der Waals surface area contributed by atoms with Gasteiger partial charge < -0.3 is 4.74 Å². The lowest BCUT2D eigenvalue weighted by Crippen LogP contribution is -2.19. The number of carbonyl (C=O) groups excluding carboxylic acids is 1. The lowest BCUT2D eigenvalue weighted by molar-refractivity contribution is 0.103. The van der Waals surface area contributed by atoms with E-state index in [4.69, 9.17) is 4.74 Å². The van der Waals surface area contributed by atoms with Gasteiger partial charge in [-0.15, -0.1) is 0 Å². The molecule has 0 spiro atoms. The third-order valence-electron chi connectivity index (χ3n) is 20.4. The number of rotatable bonds is 9. The van der Waals surface area contributed by atoms with Gasteiger partial charge in [0.15, 0.2) is 5.78 Å². The van der Waals surface area contributed by atoms with Crippen LogP contribution in [0.3, 0.4) is 0 Å². The number of ketones is 1. The largest absolute Gasteiger partial charge is 0.457 e. The highest BCUT2D eigenvalue weighted by atomic mass is 32.2. The minimum atomic E-state index is -3.42. The first-order valence-corrected chi connectivity index (χ1v) is 45.9. The highest BCUT2D eigenvalue weighted by molar-refractivity contribution is 7.91. The third kappa shape index (κ3) is 37.6. The molecule has 4 nitrogen and oxygen atoms in total. The van der Waals surface area contributed by atoms with Gasteiger partial charge in [-0.2, -0.15) is 0 Å². The van der Waals surface area contributed by atoms with Crippen LogP contribution in [0.5, 0.6) is 11.5 Å². The molecule has 0 heterocycles. The van der Waals surface area contributed by atoms with Gasteiger partial charge in [0, 0.05) is 16.5 Å². The molecule has 0 radical (unpaired) electrons. The molecule has 0 amide bonds. The molecule has 0 saturated carbocycles. The molecule has 13 aromatic carbocycles. The average molecular weight is 1650 g/mol. The molecule has 0 fully saturated rings. The second kappa shape index (κ2) is 60.9. The SMILES string of the molecule is CC.CC.CC.CC.CC.CC.CC.CC.Cc1cc(C)c(C)cc1C.Cc1ccc(C(=O)c2ccc(C)c(C)c2)cc1C.Cc1ccc(C(C)(C)c2ccc(C)c(C)c2)cc1C.Cc1ccc(Oc2ccc(C)c(C)c2)cc1C.Cc1ccc(S(=O)(=O)c2ccc(C)c(C)c2)cc1C.c1ccc(-c2ccccc2)cc1.c1ccc2ccccc2c1. The molecule has 0 aliphatic carbocycles. The Kier molecular flexibility index (Phi) is 56.7. The molecular formula is C116H158O4S. The van der Waals surface area contributed by atoms with Crippen LogP contribution in [-0.4, -0.2) is 14.2 Å². The van der Waals surface area contributed by atoms with E-state index in [0.717, 1.165) is 56.0 Å². The van der Waals surface area contributed by atoms with Gasteiger partial charge in [0.1, 0.15) is 11.5 Å². The van der Waals surface area contributed by atoms with Crippen LogP contribution in [0.4, 0.5) is 0 Å². The van der Waals surface area contributed by atoms with Gasteiger partial charge >= 0.3 is 0 Å². The fourth-order valence-electron chi connectivity index (χ4n) is 11.4. The number of sulfone groups is 1. The first kappa shape index (κ1) is 113. The molecule has 0 N–H and O–H groups in total. The fraction of sp³-hybridized carbons (Fsp3) is 0.336. The maximum atomic E-state index is 12.6. The molecule has 13 aromatic rings. The molecular weight excluding hydrogens is 1490 g/mol. The molecule has 652 valence electrons. The molecule has 0 aliphatic heterocycles. The minimum absolute atomic E-state index is 0.0525. The van der Waals surface area contributed by atoms with Crippen LogP contribution >= 0.6 is 0 Å². The van der Waals surface area contributed by atoms with Crippen molar-refractivity contribution in [3.8, 4) is 22.6 Å². The van der Waals surface area contributed by atoms with E-state index in [0.29, 0.717) is 9.79 Å². The number of ether oxygens (including phenoxy) is 1. The number of hydrogen-bond acceptors (Lipinski definition) is 4. The zero-order valence-corrected chi connectivity index (χ0v) is 83.3. The lowest BCUT2D eigenvalue weighted by atomic mass is 9.76. The summed E-state index contributed by atoms with van der Waals surface area (Å²) in [4.78, 5) is 13.1. The van der Waals surface area contributed by atoms with Crippen LogP contribution in [-0.2, 0) is 15.3 Å². The topological polar surface area (TPSA) is 60.4 Å². The number of aryl methyl sites for hydroxylation is 20. The number of benzene rings is 13. The summed E-state index contributed by atoms with van der Waals surface area (Å²) in [7, 11) is -3.42. The molecule has 0 aromatic heterocycles. The van der Waals surface area contributed by atoms with Crippen LogP contribution in [0.2, 0.25) is 0 Å². The Bertz CT molecular complexity index is 4840. The minimum Gasteiger partial charge on any atom is -0.457 e. The summed E-state index contributed by atoms with van der Waals surface area (Å²) in [6, 6.07) is 90.2. The predicted octanol–water partition coefficient (Wildman–Crippen LogP) is 35.2. The van der Waals surface area contributed by atoms with Crippen molar-refractivity contribution in [1.82, 2.24) is 0 Å². The summed E-state index contributed by atoms with van der Waals surface area (Å²) >= 11 is 0.